The fraction of sp³-hybridized carbons (Fsp3) is 0.514. The Labute approximate surface area is 266 Å². The zero-order valence-corrected chi connectivity index (χ0v) is 27.4. The maximum Gasteiger partial charge on any atom is 0.336 e. The van der Waals surface area contributed by atoms with E-state index in [2.05, 4.69) is 29.9 Å². The topological polar surface area (TPSA) is 143 Å². The molecule has 0 radical (unpaired) electrons. The van der Waals surface area contributed by atoms with Gasteiger partial charge in [-0.2, -0.15) is 0 Å². The number of aliphatic hydroxyl groups excluding tert-OH is 1. The number of aliphatic hydroxyl groups is 1. The Bertz CT molecular complexity index is 1220. The number of allylic oxidation sites excluding steroid dienone is 1. The minimum absolute atomic E-state index is 0.0206. The molecule has 10 heteroatoms. The molecule has 0 saturated heterocycles. The lowest BCUT2D eigenvalue weighted by Crippen LogP contribution is -2.41. The van der Waals surface area contributed by atoms with Gasteiger partial charge in [0.25, 0.3) is 0 Å². The predicted octanol–water partition coefficient (Wildman–Crippen LogP) is 4.88. The molecule has 0 aliphatic carbocycles. The van der Waals surface area contributed by atoms with Gasteiger partial charge in [0.05, 0.1) is 19.8 Å². The van der Waals surface area contributed by atoms with Crippen molar-refractivity contribution in [2.45, 2.75) is 85.0 Å². The standard InChI is InChI=1S/C35H48O10/c1-9-22(2)19-23(3)15-18-30(38)45-34(32(40)28(35(41)43-8)21-31(39)42-7)29(37)17-16-24(4)33(44-26(6)36)25(5)20-27-13-11-10-12-14-27/h10-15,18,21-23,25,32-34,40H,4,9,16-17,19-20H2,1-3,5-8H3/b18-15+,28-21-/t22-,23+,25+,32?,33+,34?/m0/s1. The molecular formula is C35H48O10. The molecule has 0 aliphatic rings. The Morgan fingerprint density at radius 2 is 1.56 bits per heavy atom. The van der Waals surface area contributed by atoms with Crippen molar-refractivity contribution in [2.75, 3.05) is 14.2 Å². The zero-order valence-electron chi connectivity index (χ0n) is 27.4. The quantitative estimate of drug-likeness (QED) is 0.0975. The summed E-state index contributed by atoms with van der Waals surface area (Å²) in [6.07, 6.45) is 0.964. The molecule has 0 bridgehead atoms. The van der Waals surface area contributed by atoms with E-state index in [4.69, 9.17) is 9.47 Å². The van der Waals surface area contributed by atoms with Gasteiger partial charge in [-0.3, -0.25) is 9.59 Å². The first-order valence-corrected chi connectivity index (χ1v) is 15.1. The maximum absolute atomic E-state index is 13.5. The highest BCUT2D eigenvalue weighted by Crippen LogP contribution is 2.25. The van der Waals surface area contributed by atoms with Crippen LogP contribution in [-0.4, -0.2) is 67.3 Å². The summed E-state index contributed by atoms with van der Waals surface area (Å²) in [6, 6.07) is 9.61. The highest BCUT2D eigenvalue weighted by Gasteiger charge is 2.37. The number of esters is 4. The van der Waals surface area contributed by atoms with Crippen molar-refractivity contribution in [3.8, 4) is 0 Å². The van der Waals surface area contributed by atoms with Crippen LogP contribution < -0.4 is 0 Å². The normalized spacial score (nSPS) is 15.6. The Balaban J connectivity index is 3.25. The van der Waals surface area contributed by atoms with E-state index in [1.54, 1.807) is 6.08 Å². The van der Waals surface area contributed by atoms with Crippen LogP contribution in [0.5, 0.6) is 0 Å². The van der Waals surface area contributed by atoms with Crippen LogP contribution in [0.1, 0.15) is 65.9 Å². The van der Waals surface area contributed by atoms with Crippen LogP contribution in [0.4, 0.5) is 0 Å². The van der Waals surface area contributed by atoms with Gasteiger partial charge in [-0.15, -0.1) is 0 Å². The summed E-state index contributed by atoms with van der Waals surface area (Å²) in [5.41, 5.74) is 0.844. The summed E-state index contributed by atoms with van der Waals surface area (Å²) in [5.74, 6) is -4.01. The number of ether oxygens (including phenoxy) is 4. The molecule has 1 aromatic rings. The number of rotatable bonds is 19. The molecule has 0 heterocycles. The molecule has 248 valence electrons. The first kappa shape index (κ1) is 39.0. The zero-order chi connectivity index (χ0) is 34.1. The Morgan fingerprint density at radius 1 is 0.911 bits per heavy atom. The van der Waals surface area contributed by atoms with Crippen molar-refractivity contribution >= 4 is 29.7 Å². The van der Waals surface area contributed by atoms with Crippen molar-refractivity contribution in [1.82, 2.24) is 0 Å². The molecule has 10 nitrogen and oxygen atoms in total. The fourth-order valence-corrected chi connectivity index (χ4v) is 4.77. The third-order valence-corrected chi connectivity index (χ3v) is 7.40. The van der Waals surface area contributed by atoms with E-state index < -0.39 is 53.5 Å². The number of carbonyl (C=O) groups is 5. The number of benzene rings is 1. The van der Waals surface area contributed by atoms with Crippen molar-refractivity contribution < 1.29 is 48.0 Å². The molecule has 0 fully saturated rings. The summed E-state index contributed by atoms with van der Waals surface area (Å²) in [6.45, 7) is 13.3. The van der Waals surface area contributed by atoms with E-state index >= 15 is 0 Å². The summed E-state index contributed by atoms with van der Waals surface area (Å²) in [7, 11) is 2.10. The van der Waals surface area contributed by atoms with E-state index in [1.807, 2.05) is 44.2 Å². The van der Waals surface area contributed by atoms with Crippen molar-refractivity contribution in [1.29, 1.82) is 0 Å². The molecule has 0 spiro atoms. The Kier molecular flexibility index (Phi) is 17.4. The van der Waals surface area contributed by atoms with E-state index in [9.17, 15) is 29.1 Å². The largest absolute Gasteiger partial charge is 0.466 e. The molecule has 1 rings (SSSR count). The number of ketones is 1. The van der Waals surface area contributed by atoms with E-state index in [-0.39, 0.29) is 24.7 Å². The summed E-state index contributed by atoms with van der Waals surface area (Å²) in [5, 5.41) is 11.1. The number of hydrogen-bond donors (Lipinski definition) is 1. The third-order valence-electron chi connectivity index (χ3n) is 7.40. The van der Waals surface area contributed by atoms with Gasteiger partial charge in [-0.05, 0) is 42.2 Å². The molecule has 0 amide bonds. The summed E-state index contributed by atoms with van der Waals surface area (Å²) in [4.78, 5) is 62.7. The first-order valence-electron chi connectivity index (χ1n) is 15.1. The second kappa shape index (κ2) is 20.1. The fourth-order valence-electron chi connectivity index (χ4n) is 4.77. The van der Waals surface area contributed by atoms with Crippen LogP contribution in [0.15, 0.2) is 66.3 Å². The van der Waals surface area contributed by atoms with Crippen LogP contribution in [0.3, 0.4) is 0 Å². The van der Waals surface area contributed by atoms with Gasteiger partial charge in [-0.1, -0.05) is 77.1 Å². The van der Waals surface area contributed by atoms with E-state index in [0.717, 1.165) is 32.6 Å². The van der Waals surface area contributed by atoms with Crippen LogP contribution >= 0.6 is 0 Å². The van der Waals surface area contributed by atoms with Crippen LogP contribution in [-0.2, 0) is 49.3 Å². The van der Waals surface area contributed by atoms with Crippen molar-refractivity contribution in [3.63, 3.8) is 0 Å². The molecule has 0 aromatic heterocycles. The van der Waals surface area contributed by atoms with Gasteiger partial charge >= 0.3 is 23.9 Å². The second-order valence-electron chi connectivity index (χ2n) is 11.3. The molecule has 2 unspecified atom stereocenters. The Morgan fingerprint density at radius 3 is 2.11 bits per heavy atom. The van der Waals surface area contributed by atoms with Gasteiger partial charge < -0.3 is 24.1 Å². The predicted molar refractivity (Wildman–Crippen MR) is 169 cm³/mol. The minimum atomic E-state index is -2.05. The summed E-state index contributed by atoms with van der Waals surface area (Å²) >= 11 is 0. The van der Waals surface area contributed by atoms with E-state index in [1.165, 1.54) is 13.0 Å². The SMILES string of the molecule is C=C(CCC(=O)C(OC(=O)/C=C/[C@@H](C)C[C@@H](C)CC)C(O)/C(=C/C(=O)OC)C(=O)OC)[C@@H](OC(C)=O)[C@H](C)Cc1ccccc1. The molecule has 6 atom stereocenters. The van der Waals surface area contributed by atoms with Gasteiger partial charge in [-0.25, -0.2) is 14.4 Å². The maximum atomic E-state index is 13.5. The molecule has 1 aromatic carbocycles. The van der Waals surface area contributed by atoms with Crippen LogP contribution in [0.2, 0.25) is 0 Å². The molecule has 45 heavy (non-hydrogen) atoms. The monoisotopic (exact) mass is 628 g/mol. The van der Waals surface area contributed by atoms with Gasteiger partial charge in [0, 0.05) is 31.4 Å². The summed E-state index contributed by atoms with van der Waals surface area (Å²) < 4.78 is 20.2. The van der Waals surface area contributed by atoms with Gasteiger partial charge in [0.2, 0.25) is 0 Å². The van der Waals surface area contributed by atoms with Crippen molar-refractivity contribution in [3.05, 3.63) is 71.8 Å². The van der Waals surface area contributed by atoms with E-state index in [0.29, 0.717) is 24.0 Å². The molecule has 0 saturated carbocycles. The lowest BCUT2D eigenvalue weighted by molar-refractivity contribution is -0.157. The Hall–Kier alpha value is -4.05. The van der Waals surface area contributed by atoms with Crippen LogP contribution in [0, 0.1) is 17.8 Å². The average Bonchev–Trinajstić information content (AvgIpc) is 3.01. The molecular weight excluding hydrogens is 580 g/mol. The lowest BCUT2D eigenvalue weighted by Gasteiger charge is -2.27. The molecule has 0 aliphatic heterocycles. The number of carbonyl (C=O) groups excluding carboxylic acids is 5. The average molecular weight is 629 g/mol. The highest BCUT2D eigenvalue weighted by atomic mass is 16.6. The smallest absolute Gasteiger partial charge is 0.336 e. The van der Waals surface area contributed by atoms with Gasteiger partial charge in [0.1, 0.15) is 12.2 Å². The minimum Gasteiger partial charge on any atom is -0.466 e. The second-order valence-corrected chi connectivity index (χ2v) is 11.3. The number of Topliss-reactive ketones (excluding diaryl/α,β-unsaturated/α-hetero) is 1. The van der Waals surface area contributed by atoms with Crippen molar-refractivity contribution in [2.24, 2.45) is 17.8 Å². The number of hydrogen-bond acceptors (Lipinski definition) is 10. The lowest BCUT2D eigenvalue weighted by atomic mass is 9.88. The third kappa shape index (κ3) is 14.1. The molecule has 1 N–H and O–H groups in total. The number of methoxy groups -OCH3 is 2. The van der Waals surface area contributed by atoms with Crippen LogP contribution in [0.25, 0.3) is 0 Å². The first-order chi connectivity index (χ1) is 21.2. The highest BCUT2D eigenvalue weighted by molar-refractivity contribution is 5.99. The van der Waals surface area contributed by atoms with Gasteiger partial charge in [0.15, 0.2) is 11.9 Å².